The molecule has 0 bridgehead atoms. The van der Waals surface area contributed by atoms with Crippen LogP contribution in [0.15, 0.2) is 47.3 Å². The van der Waals surface area contributed by atoms with Gasteiger partial charge in [-0.1, -0.05) is 29.3 Å². The van der Waals surface area contributed by atoms with Crippen LogP contribution in [0.1, 0.15) is 23.5 Å². The van der Waals surface area contributed by atoms with Gasteiger partial charge in [-0.05, 0) is 48.9 Å². The predicted molar refractivity (Wildman–Crippen MR) is 120 cm³/mol. The molecule has 1 atom stereocenters. The van der Waals surface area contributed by atoms with Gasteiger partial charge in [-0.15, -0.1) is 0 Å². The first-order chi connectivity index (χ1) is 14.8. The monoisotopic (exact) mass is 457 g/mol. The smallest absolute Gasteiger partial charge is 0.258 e. The summed E-state index contributed by atoms with van der Waals surface area (Å²) < 4.78 is 0. The summed E-state index contributed by atoms with van der Waals surface area (Å²) >= 11 is 11.9. The largest absolute Gasteiger partial charge is 0.326 e. The van der Waals surface area contributed by atoms with Crippen LogP contribution in [0.2, 0.25) is 10.0 Å². The summed E-state index contributed by atoms with van der Waals surface area (Å²) in [6, 6.07) is 11.9. The average Bonchev–Trinajstić information content (AvgIpc) is 2.71. The van der Waals surface area contributed by atoms with Gasteiger partial charge >= 0.3 is 0 Å². The number of halogens is 2. The van der Waals surface area contributed by atoms with E-state index in [1.165, 1.54) is 0 Å². The highest BCUT2D eigenvalue weighted by Crippen LogP contribution is 2.31. The number of aromatic amines is 1. The molecule has 10 heteroatoms. The molecule has 2 heterocycles. The van der Waals surface area contributed by atoms with Gasteiger partial charge in [0, 0.05) is 27.8 Å². The highest BCUT2D eigenvalue weighted by atomic mass is 35.5. The first-order valence-electron chi connectivity index (χ1n) is 9.34. The molecule has 0 unspecified atom stereocenters. The van der Waals surface area contributed by atoms with Gasteiger partial charge in [0.2, 0.25) is 17.8 Å². The minimum Gasteiger partial charge on any atom is -0.326 e. The molecular weight excluding hydrogens is 441 g/mol. The van der Waals surface area contributed by atoms with E-state index in [9.17, 15) is 14.4 Å². The lowest BCUT2D eigenvalue weighted by molar-refractivity contribution is -0.123. The Bertz CT molecular complexity index is 1240. The fourth-order valence-corrected chi connectivity index (χ4v) is 3.57. The second-order valence-corrected chi connectivity index (χ2v) is 7.93. The van der Waals surface area contributed by atoms with Gasteiger partial charge in [-0.2, -0.15) is 4.98 Å². The van der Waals surface area contributed by atoms with Crippen LogP contribution < -0.4 is 21.5 Å². The summed E-state index contributed by atoms with van der Waals surface area (Å²) in [6.45, 7) is 1.82. The Morgan fingerprint density at radius 3 is 2.55 bits per heavy atom. The zero-order valence-corrected chi connectivity index (χ0v) is 17.8. The molecule has 1 aliphatic rings. The molecule has 3 aromatic rings. The number of benzene rings is 2. The number of aryl methyl sites for hydroxylation is 1. The third-order valence-corrected chi connectivity index (χ3v) is 5.32. The number of carbonyl (C=O) groups excluding carboxylic acids is 2. The fourth-order valence-electron chi connectivity index (χ4n) is 3.27. The van der Waals surface area contributed by atoms with Crippen LogP contribution in [0.4, 0.5) is 23.1 Å². The molecule has 0 saturated heterocycles. The van der Waals surface area contributed by atoms with Crippen molar-refractivity contribution in [3.8, 4) is 0 Å². The van der Waals surface area contributed by atoms with E-state index in [1.807, 2.05) is 6.92 Å². The van der Waals surface area contributed by atoms with Crippen LogP contribution >= 0.6 is 23.2 Å². The van der Waals surface area contributed by atoms with Gasteiger partial charge in [-0.3, -0.25) is 19.4 Å². The van der Waals surface area contributed by atoms with Gasteiger partial charge in [-0.25, -0.2) is 0 Å². The Morgan fingerprint density at radius 1 is 1.10 bits per heavy atom. The number of H-pyrrole nitrogens is 1. The van der Waals surface area contributed by atoms with E-state index < -0.39 is 23.3 Å². The number of fused-ring (bicyclic) bond motifs is 1. The summed E-state index contributed by atoms with van der Waals surface area (Å²) in [6.07, 6.45) is -0.173. The van der Waals surface area contributed by atoms with Crippen molar-refractivity contribution < 1.29 is 9.59 Å². The Morgan fingerprint density at radius 2 is 1.81 bits per heavy atom. The summed E-state index contributed by atoms with van der Waals surface area (Å²) in [5.74, 6) is -1.74. The Labute approximate surface area is 187 Å². The molecule has 0 radical (unpaired) electrons. The van der Waals surface area contributed by atoms with Crippen molar-refractivity contribution in [2.75, 3.05) is 16.0 Å². The van der Waals surface area contributed by atoms with Gasteiger partial charge in [0.25, 0.3) is 5.56 Å². The van der Waals surface area contributed by atoms with E-state index in [2.05, 4.69) is 25.9 Å². The van der Waals surface area contributed by atoms with Crippen LogP contribution in [-0.2, 0) is 9.59 Å². The van der Waals surface area contributed by atoms with Crippen molar-refractivity contribution in [3.05, 3.63) is 74.0 Å². The molecule has 0 fully saturated rings. The molecule has 31 heavy (non-hydrogen) atoms. The number of nitrogens with one attached hydrogen (secondary N) is 4. The topological polar surface area (TPSA) is 116 Å². The average molecular weight is 458 g/mol. The van der Waals surface area contributed by atoms with Gasteiger partial charge in [0.05, 0.1) is 11.5 Å². The first kappa shape index (κ1) is 20.9. The second kappa shape index (κ2) is 8.41. The van der Waals surface area contributed by atoms with Crippen LogP contribution in [0.25, 0.3) is 0 Å². The number of rotatable bonds is 4. The number of anilines is 4. The Hall–Kier alpha value is -3.36. The SMILES string of the molecule is Cc1ccc(Cl)cc1NC(=O)[C@@H]1CC(=O)Nc2nc(Nc3ccc(Cl)cc3)[nH]c(=O)c21. The second-order valence-electron chi connectivity index (χ2n) is 7.06. The maximum Gasteiger partial charge on any atom is 0.258 e. The lowest BCUT2D eigenvalue weighted by atomic mass is 9.92. The zero-order valence-electron chi connectivity index (χ0n) is 16.3. The number of carbonyl (C=O) groups is 2. The van der Waals surface area contributed by atoms with E-state index in [0.717, 1.165) is 5.56 Å². The lowest BCUT2D eigenvalue weighted by Gasteiger charge is -2.24. The van der Waals surface area contributed by atoms with E-state index in [0.29, 0.717) is 21.4 Å². The highest BCUT2D eigenvalue weighted by Gasteiger charge is 2.35. The molecule has 0 spiro atoms. The maximum absolute atomic E-state index is 13.0. The van der Waals surface area contributed by atoms with Crippen molar-refractivity contribution in [3.63, 3.8) is 0 Å². The quantitative estimate of drug-likeness (QED) is 0.468. The molecule has 2 amide bonds. The first-order valence-corrected chi connectivity index (χ1v) is 10.1. The molecule has 0 saturated carbocycles. The van der Waals surface area contributed by atoms with Crippen molar-refractivity contribution in [1.82, 2.24) is 9.97 Å². The molecule has 1 aromatic heterocycles. The van der Waals surface area contributed by atoms with Gasteiger partial charge in [0.15, 0.2) is 0 Å². The molecule has 4 rings (SSSR count). The molecule has 4 N–H and O–H groups in total. The molecule has 0 aliphatic carbocycles. The Balaban J connectivity index is 1.65. The Kier molecular flexibility index (Phi) is 5.67. The number of nitrogens with zero attached hydrogens (tertiary/aromatic N) is 1. The van der Waals surface area contributed by atoms with Crippen LogP contribution in [0.3, 0.4) is 0 Å². The van der Waals surface area contributed by atoms with E-state index in [-0.39, 0.29) is 23.8 Å². The fraction of sp³-hybridized carbons (Fsp3) is 0.143. The summed E-state index contributed by atoms with van der Waals surface area (Å²) in [7, 11) is 0. The zero-order chi connectivity index (χ0) is 22.1. The van der Waals surface area contributed by atoms with Gasteiger partial charge in [0.1, 0.15) is 5.82 Å². The van der Waals surface area contributed by atoms with Crippen LogP contribution in [-0.4, -0.2) is 21.8 Å². The van der Waals surface area contributed by atoms with Crippen molar-refractivity contribution in [1.29, 1.82) is 0 Å². The molecular formula is C21H17Cl2N5O3. The van der Waals surface area contributed by atoms with Crippen molar-refractivity contribution in [2.24, 2.45) is 0 Å². The number of aromatic nitrogens is 2. The molecule has 8 nitrogen and oxygen atoms in total. The minimum atomic E-state index is -0.997. The van der Waals surface area contributed by atoms with E-state index in [4.69, 9.17) is 23.2 Å². The van der Waals surface area contributed by atoms with Crippen molar-refractivity contribution in [2.45, 2.75) is 19.3 Å². The summed E-state index contributed by atoms with van der Waals surface area (Å²) in [5.41, 5.74) is 1.52. The highest BCUT2D eigenvalue weighted by molar-refractivity contribution is 6.31. The number of amides is 2. The van der Waals surface area contributed by atoms with Crippen LogP contribution in [0, 0.1) is 6.92 Å². The standard InChI is InChI=1S/C21H17Cl2N5O3/c1-10-2-3-12(23)8-15(10)25-19(30)14-9-16(29)26-18-17(14)20(31)28-21(27-18)24-13-6-4-11(22)5-7-13/h2-8,14H,9H2,1H3,(H,25,30)(H3,24,26,27,28,29,31)/t14-/m1/s1. The molecule has 1 aliphatic heterocycles. The molecule has 158 valence electrons. The maximum atomic E-state index is 13.0. The number of hydrogen-bond acceptors (Lipinski definition) is 5. The third-order valence-electron chi connectivity index (χ3n) is 4.83. The summed E-state index contributed by atoms with van der Waals surface area (Å²) in [5, 5.41) is 9.29. The van der Waals surface area contributed by atoms with E-state index >= 15 is 0 Å². The van der Waals surface area contributed by atoms with Crippen LogP contribution in [0.5, 0.6) is 0 Å². The predicted octanol–water partition coefficient (Wildman–Crippen LogP) is 4.19. The normalized spacial score (nSPS) is 15.1. The third kappa shape index (κ3) is 4.55. The number of hydrogen-bond donors (Lipinski definition) is 4. The lowest BCUT2D eigenvalue weighted by Crippen LogP contribution is -2.36. The van der Waals surface area contributed by atoms with Crippen molar-refractivity contribution >= 4 is 58.2 Å². The van der Waals surface area contributed by atoms with Gasteiger partial charge < -0.3 is 16.0 Å². The van der Waals surface area contributed by atoms with E-state index in [1.54, 1.807) is 42.5 Å². The minimum absolute atomic E-state index is 0.0411. The summed E-state index contributed by atoms with van der Waals surface area (Å²) in [4.78, 5) is 44.9. The molecule has 2 aromatic carbocycles.